The van der Waals surface area contributed by atoms with Gasteiger partial charge in [0.2, 0.25) is 0 Å². The van der Waals surface area contributed by atoms with E-state index in [-0.39, 0.29) is 17.9 Å². The Morgan fingerprint density at radius 1 is 1.24 bits per heavy atom. The number of hydrogen-bond acceptors (Lipinski definition) is 4. The van der Waals surface area contributed by atoms with Gasteiger partial charge >= 0.3 is 6.18 Å². The number of nitrogens with zero attached hydrogens (tertiary/aromatic N) is 3. The summed E-state index contributed by atoms with van der Waals surface area (Å²) in [5.41, 5.74) is 0.880. The summed E-state index contributed by atoms with van der Waals surface area (Å²) < 4.78 is 39.7. The van der Waals surface area contributed by atoms with Crippen LogP contribution in [0.4, 0.5) is 13.2 Å². The first kappa shape index (κ1) is 13.9. The molecule has 0 fully saturated rings. The molecule has 3 heterocycles. The zero-order valence-corrected chi connectivity index (χ0v) is 11.3. The van der Waals surface area contributed by atoms with E-state index in [4.69, 9.17) is 0 Å². The van der Waals surface area contributed by atoms with Crippen LogP contribution in [0.5, 0.6) is 0 Å². The maximum Gasteiger partial charge on any atom is 0.433 e. The predicted octanol–water partition coefficient (Wildman–Crippen LogP) is 2.51. The zero-order chi connectivity index (χ0) is 15.0. The first-order chi connectivity index (χ1) is 9.97. The number of alkyl halides is 3. The Morgan fingerprint density at radius 2 is 2.05 bits per heavy atom. The third kappa shape index (κ3) is 2.61. The largest absolute Gasteiger partial charge is 0.433 e. The SMILES string of the molecule is Cc1cccnc1-c1nc2c(c(C(F)(F)F)n1)CNCC2. The quantitative estimate of drug-likeness (QED) is 0.878. The van der Waals surface area contributed by atoms with E-state index in [1.807, 2.05) is 0 Å². The van der Waals surface area contributed by atoms with Crippen molar-refractivity contribution in [1.82, 2.24) is 20.3 Å². The molecule has 1 N–H and O–H groups in total. The second kappa shape index (κ2) is 5.07. The van der Waals surface area contributed by atoms with Crippen molar-refractivity contribution in [2.45, 2.75) is 26.1 Å². The molecule has 2 aromatic heterocycles. The molecule has 0 unspecified atom stereocenters. The number of hydrogen-bond donors (Lipinski definition) is 1. The van der Waals surface area contributed by atoms with E-state index in [9.17, 15) is 13.2 Å². The molecule has 0 aliphatic carbocycles. The summed E-state index contributed by atoms with van der Waals surface area (Å²) >= 11 is 0. The Morgan fingerprint density at radius 3 is 2.76 bits per heavy atom. The van der Waals surface area contributed by atoms with Gasteiger partial charge in [-0.2, -0.15) is 13.2 Å². The first-order valence-electron chi connectivity index (χ1n) is 6.56. The van der Waals surface area contributed by atoms with Crippen LogP contribution in [0.3, 0.4) is 0 Å². The topological polar surface area (TPSA) is 50.7 Å². The molecule has 2 aromatic rings. The molecule has 1 aliphatic heterocycles. The van der Waals surface area contributed by atoms with Crippen LogP contribution in [0.1, 0.15) is 22.5 Å². The van der Waals surface area contributed by atoms with Crippen molar-refractivity contribution in [2.75, 3.05) is 6.54 Å². The maximum absolute atomic E-state index is 13.2. The molecular weight excluding hydrogens is 281 g/mol. The highest BCUT2D eigenvalue weighted by Gasteiger charge is 2.38. The lowest BCUT2D eigenvalue weighted by atomic mass is 10.0. The van der Waals surface area contributed by atoms with Crippen molar-refractivity contribution in [3.8, 4) is 11.5 Å². The predicted molar refractivity (Wildman–Crippen MR) is 70.4 cm³/mol. The Bertz CT molecular complexity index is 682. The number of rotatable bonds is 1. The molecule has 0 bridgehead atoms. The summed E-state index contributed by atoms with van der Waals surface area (Å²) in [5, 5.41) is 2.93. The smallest absolute Gasteiger partial charge is 0.312 e. The van der Waals surface area contributed by atoms with E-state index in [0.29, 0.717) is 24.4 Å². The van der Waals surface area contributed by atoms with Crippen molar-refractivity contribution in [3.05, 3.63) is 40.8 Å². The van der Waals surface area contributed by atoms with Crippen molar-refractivity contribution in [2.24, 2.45) is 0 Å². The number of halogens is 3. The molecule has 0 atom stereocenters. The number of nitrogens with one attached hydrogen (secondary N) is 1. The van der Waals surface area contributed by atoms with Gasteiger partial charge in [0.1, 0.15) is 5.69 Å². The van der Waals surface area contributed by atoms with E-state index < -0.39 is 11.9 Å². The molecule has 7 heteroatoms. The monoisotopic (exact) mass is 294 g/mol. The molecule has 4 nitrogen and oxygen atoms in total. The lowest BCUT2D eigenvalue weighted by Gasteiger charge is -2.21. The third-order valence-corrected chi connectivity index (χ3v) is 3.42. The summed E-state index contributed by atoms with van der Waals surface area (Å²) in [6, 6.07) is 3.51. The standard InChI is InChI=1S/C14H13F3N4/c1-8-3-2-5-19-11(8)13-20-10-4-6-18-7-9(10)12(21-13)14(15,16)17/h2-3,5,18H,4,6-7H2,1H3. The highest BCUT2D eigenvalue weighted by molar-refractivity contribution is 5.55. The summed E-state index contributed by atoms with van der Waals surface area (Å²) in [5.74, 6) is 0.0427. The minimum atomic E-state index is -4.50. The van der Waals surface area contributed by atoms with Crippen LogP contribution in [0, 0.1) is 6.92 Å². The van der Waals surface area contributed by atoms with Gasteiger partial charge in [0.05, 0.1) is 5.69 Å². The van der Waals surface area contributed by atoms with Crippen molar-refractivity contribution < 1.29 is 13.2 Å². The summed E-state index contributed by atoms with van der Waals surface area (Å²) in [7, 11) is 0. The summed E-state index contributed by atoms with van der Waals surface area (Å²) in [4.78, 5) is 12.2. The zero-order valence-electron chi connectivity index (χ0n) is 11.3. The minimum Gasteiger partial charge on any atom is -0.312 e. The highest BCUT2D eigenvalue weighted by atomic mass is 19.4. The third-order valence-electron chi connectivity index (χ3n) is 3.42. The van der Waals surface area contributed by atoms with Crippen LogP contribution in [0.15, 0.2) is 18.3 Å². The molecule has 0 saturated heterocycles. The van der Waals surface area contributed by atoms with E-state index >= 15 is 0 Å². The van der Waals surface area contributed by atoms with E-state index in [2.05, 4.69) is 20.3 Å². The second-order valence-corrected chi connectivity index (χ2v) is 4.91. The molecule has 0 radical (unpaired) electrons. The first-order valence-corrected chi connectivity index (χ1v) is 6.56. The fourth-order valence-corrected chi connectivity index (χ4v) is 2.40. The van der Waals surface area contributed by atoms with Gasteiger partial charge in [-0.1, -0.05) is 6.07 Å². The molecule has 1 aliphatic rings. The van der Waals surface area contributed by atoms with Gasteiger partial charge in [-0.3, -0.25) is 4.98 Å². The lowest BCUT2D eigenvalue weighted by Crippen LogP contribution is -2.29. The van der Waals surface area contributed by atoms with Gasteiger partial charge in [0.25, 0.3) is 0 Å². The van der Waals surface area contributed by atoms with E-state index in [1.54, 1.807) is 19.1 Å². The summed E-state index contributed by atoms with van der Waals surface area (Å²) in [6.07, 6.45) is -2.51. The fourth-order valence-electron chi connectivity index (χ4n) is 2.40. The second-order valence-electron chi connectivity index (χ2n) is 4.91. The maximum atomic E-state index is 13.2. The molecule has 3 rings (SSSR count). The molecular formula is C14H13F3N4. The van der Waals surface area contributed by atoms with Gasteiger partial charge in [-0.05, 0) is 18.6 Å². The average Bonchev–Trinajstić information content (AvgIpc) is 2.45. The van der Waals surface area contributed by atoms with E-state index in [1.165, 1.54) is 6.20 Å². The molecule has 0 amide bonds. The summed E-state index contributed by atoms with van der Waals surface area (Å²) in [6.45, 7) is 2.54. The van der Waals surface area contributed by atoms with Crippen LogP contribution in [0.25, 0.3) is 11.5 Å². The van der Waals surface area contributed by atoms with Crippen LogP contribution in [0.2, 0.25) is 0 Å². The van der Waals surface area contributed by atoms with Gasteiger partial charge in [-0.25, -0.2) is 9.97 Å². The normalized spacial score (nSPS) is 14.9. The molecule has 110 valence electrons. The number of pyridine rings is 1. The fraction of sp³-hybridized carbons (Fsp3) is 0.357. The van der Waals surface area contributed by atoms with Crippen LogP contribution in [-0.2, 0) is 19.1 Å². The molecule has 0 aromatic carbocycles. The van der Waals surface area contributed by atoms with Crippen molar-refractivity contribution >= 4 is 0 Å². The van der Waals surface area contributed by atoms with E-state index in [0.717, 1.165) is 5.56 Å². The average molecular weight is 294 g/mol. The van der Waals surface area contributed by atoms with Crippen molar-refractivity contribution in [3.63, 3.8) is 0 Å². The van der Waals surface area contributed by atoms with Crippen LogP contribution >= 0.6 is 0 Å². The van der Waals surface area contributed by atoms with Gasteiger partial charge < -0.3 is 5.32 Å². The molecule has 0 saturated carbocycles. The van der Waals surface area contributed by atoms with Crippen molar-refractivity contribution in [1.29, 1.82) is 0 Å². The number of aromatic nitrogens is 3. The number of fused-ring (bicyclic) bond motifs is 1. The Labute approximate surface area is 119 Å². The molecule has 21 heavy (non-hydrogen) atoms. The van der Waals surface area contributed by atoms with Gasteiger partial charge in [-0.15, -0.1) is 0 Å². The van der Waals surface area contributed by atoms with Crippen LogP contribution < -0.4 is 5.32 Å². The van der Waals surface area contributed by atoms with Gasteiger partial charge in [0.15, 0.2) is 11.5 Å². The van der Waals surface area contributed by atoms with Gasteiger partial charge in [0, 0.05) is 31.3 Å². The minimum absolute atomic E-state index is 0.0427. The molecule has 0 spiro atoms. The van der Waals surface area contributed by atoms with Crippen LogP contribution in [-0.4, -0.2) is 21.5 Å². The number of aryl methyl sites for hydroxylation is 1. The highest BCUT2D eigenvalue weighted by Crippen LogP contribution is 2.34. The Balaban J connectivity index is 2.22. The lowest BCUT2D eigenvalue weighted by molar-refractivity contribution is -0.142. The Kier molecular flexibility index (Phi) is 3.36. The Hall–Kier alpha value is -2.02.